The summed E-state index contributed by atoms with van der Waals surface area (Å²) in [6.07, 6.45) is 0. The monoisotopic (exact) mass is 339 g/mol. The number of carboxylic acids is 1. The Kier molecular flexibility index (Phi) is 4.14. The molecule has 0 saturated heterocycles. The Balaban J connectivity index is 2.03. The van der Waals surface area contributed by atoms with E-state index in [1.54, 1.807) is 17.6 Å². The second kappa shape index (κ2) is 6.05. The second-order valence-electron chi connectivity index (χ2n) is 4.28. The molecule has 0 saturated carbocycles. The van der Waals surface area contributed by atoms with Crippen LogP contribution in [0.3, 0.4) is 0 Å². The van der Waals surface area contributed by atoms with Crippen molar-refractivity contribution < 1.29 is 9.90 Å². The number of carboxylic acid groups (broad SMARTS) is 1. The Morgan fingerprint density at radius 2 is 2.33 bits per heavy atom. The third-order valence-corrected chi connectivity index (χ3v) is 4.64. The predicted molar refractivity (Wildman–Crippen MR) is 84.3 cm³/mol. The van der Waals surface area contributed by atoms with Crippen LogP contribution in [0.1, 0.15) is 5.69 Å². The Hall–Kier alpha value is -1.57. The topological polar surface area (TPSA) is 68.0 Å². The molecule has 108 valence electrons. The Morgan fingerprint density at radius 3 is 3.05 bits per heavy atom. The van der Waals surface area contributed by atoms with Crippen molar-refractivity contribution in [3.05, 3.63) is 39.8 Å². The molecular formula is C13H10ClN3O2S2. The number of benzene rings is 1. The largest absolute Gasteiger partial charge is 0.481 e. The van der Waals surface area contributed by atoms with Crippen LogP contribution < -0.4 is 0 Å². The molecule has 8 heteroatoms. The van der Waals surface area contributed by atoms with E-state index < -0.39 is 5.97 Å². The van der Waals surface area contributed by atoms with Gasteiger partial charge in [-0.05, 0) is 18.2 Å². The number of fused-ring (bicyclic) bond motifs is 1. The zero-order valence-electron chi connectivity index (χ0n) is 10.7. The fourth-order valence-corrected chi connectivity index (χ4v) is 3.40. The molecule has 0 spiro atoms. The van der Waals surface area contributed by atoms with Crippen molar-refractivity contribution in [2.24, 2.45) is 0 Å². The normalized spacial score (nSPS) is 11.1. The van der Waals surface area contributed by atoms with Crippen LogP contribution in [0.4, 0.5) is 0 Å². The molecule has 0 bridgehead atoms. The number of thiazole rings is 1. The second-order valence-corrected chi connectivity index (χ2v) is 6.37. The van der Waals surface area contributed by atoms with Crippen molar-refractivity contribution >= 4 is 51.7 Å². The fourth-order valence-electron chi connectivity index (χ4n) is 1.95. The summed E-state index contributed by atoms with van der Waals surface area (Å²) < 4.78 is 1.97. The lowest BCUT2D eigenvalue weighted by molar-refractivity contribution is -0.133. The molecule has 0 amide bonds. The minimum atomic E-state index is -0.870. The summed E-state index contributed by atoms with van der Waals surface area (Å²) in [6, 6.07) is 5.47. The SMILES string of the molecule is O=C(O)CSc1nc2cc(Cl)ccc2n1Cc1cscn1. The van der Waals surface area contributed by atoms with Gasteiger partial charge in [-0.15, -0.1) is 11.3 Å². The molecule has 0 atom stereocenters. The van der Waals surface area contributed by atoms with Gasteiger partial charge in [0.1, 0.15) is 0 Å². The van der Waals surface area contributed by atoms with Crippen molar-refractivity contribution in [3.8, 4) is 0 Å². The maximum Gasteiger partial charge on any atom is 0.313 e. The van der Waals surface area contributed by atoms with Crippen LogP contribution >= 0.6 is 34.7 Å². The van der Waals surface area contributed by atoms with Crippen molar-refractivity contribution in [1.29, 1.82) is 0 Å². The summed E-state index contributed by atoms with van der Waals surface area (Å²) in [6.45, 7) is 0.559. The first kappa shape index (κ1) is 14.4. The van der Waals surface area contributed by atoms with Crippen molar-refractivity contribution in [2.45, 2.75) is 11.7 Å². The summed E-state index contributed by atoms with van der Waals surface area (Å²) in [4.78, 5) is 19.5. The first-order valence-corrected chi connectivity index (χ1v) is 8.31. The van der Waals surface area contributed by atoms with Gasteiger partial charge in [0.15, 0.2) is 5.16 Å². The predicted octanol–water partition coefficient (Wildman–Crippen LogP) is 3.37. The third kappa shape index (κ3) is 3.20. The van der Waals surface area contributed by atoms with Gasteiger partial charge < -0.3 is 9.67 Å². The van der Waals surface area contributed by atoms with Gasteiger partial charge in [-0.1, -0.05) is 23.4 Å². The molecular weight excluding hydrogens is 330 g/mol. The standard InChI is InChI=1S/C13H10ClN3O2S2/c14-8-1-2-11-10(3-8)16-13(21-6-12(18)19)17(11)4-9-5-20-7-15-9/h1-3,5,7H,4,6H2,(H,18,19). The summed E-state index contributed by atoms with van der Waals surface area (Å²) >= 11 is 8.71. The highest BCUT2D eigenvalue weighted by Gasteiger charge is 2.14. The average molecular weight is 340 g/mol. The van der Waals surface area contributed by atoms with Crippen LogP contribution in [0.25, 0.3) is 11.0 Å². The van der Waals surface area contributed by atoms with Gasteiger partial charge in [0, 0.05) is 10.4 Å². The molecule has 3 rings (SSSR count). The van der Waals surface area contributed by atoms with Gasteiger partial charge in [0.25, 0.3) is 0 Å². The van der Waals surface area contributed by atoms with Crippen LogP contribution in [0.5, 0.6) is 0 Å². The number of aliphatic carboxylic acids is 1. The number of thioether (sulfide) groups is 1. The first-order valence-electron chi connectivity index (χ1n) is 6.01. The van der Waals surface area contributed by atoms with Crippen LogP contribution in [-0.4, -0.2) is 31.4 Å². The van der Waals surface area contributed by atoms with E-state index in [9.17, 15) is 4.79 Å². The average Bonchev–Trinajstić information content (AvgIpc) is 3.05. The quantitative estimate of drug-likeness (QED) is 0.722. The van der Waals surface area contributed by atoms with E-state index in [0.29, 0.717) is 16.7 Å². The summed E-state index contributed by atoms with van der Waals surface area (Å²) in [5.74, 6) is -0.904. The molecule has 0 aliphatic heterocycles. The van der Waals surface area contributed by atoms with E-state index in [2.05, 4.69) is 9.97 Å². The molecule has 0 fully saturated rings. The lowest BCUT2D eigenvalue weighted by atomic mass is 10.3. The summed E-state index contributed by atoms with van der Waals surface area (Å²) in [5, 5.41) is 12.1. The number of hydrogen-bond acceptors (Lipinski definition) is 5. The lowest BCUT2D eigenvalue weighted by Crippen LogP contribution is -2.04. The van der Waals surface area contributed by atoms with E-state index in [1.165, 1.54) is 23.1 Å². The van der Waals surface area contributed by atoms with E-state index in [4.69, 9.17) is 16.7 Å². The van der Waals surface area contributed by atoms with Crippen molar-refractivity contribution in [3.63, 3.8) is 0 Å². The summed E-state index contributed by atoms with van der Waals surface area (Å²) in [5.41, 5.74) is 4.37. The summed E-state index contributed by atoms with van der Waals surface area (Å²) in [7, 11) is 0. The molecule has 1 N–H and O–H groups in total. The first-order chi connectivity index (χ1) is 10.1. The highest BCUT2D eigenvalue weighted by Crippen LogP contribution is 2.27. The smallest absolute Gasteiger partial charge is 0.313 e. The lowest BCUT2D eigenvalue weighted by Gasteiger charge is -2.06. The van der Waals surface area contributed by atoms with Gasteiger partial charge in [-0.3, -0.25) is 4.79 Å². The number of halogens is 1. The van der Waals surface area contributed by atoms with Gasteiger partial charge in [-0.25, -0.2) is 9.97 Å². The highest BCUT2D eigenvalue weighted by molar-refractivity contribution is 7.99. The zero-order valence-corrected chi connectivity index (χ0v) is 13.1. The maximum absolute atomic E-state index is 10.8. The molecule has 3 aromatic rings. The molecule has 21 heavy (non-hydrogen) atoms. The van der Waals surface area contributed by atoms with E-state index in [0.717, 1.165) is 16.7 Å². The third-order valence-electron chi connectivity index (χ3n) is 2.80. The zero-order chi connectivity index (χ0) is 14.8. The molecule has 2 aromatic heterocycles. The molecule has 1 aromatic carbocycles. The molecule has 0 unspecified atom stereocenters. The number of imidazole rings is 1. The fraction of sp³-hybridized carbons (Fsp3) is 0.154. The molecule has 0 aliphatic rings. The van der Waals surface area contributed by atoms with Crippen LogP contribution in [0.15, 0.2) is 34.2 Å². The van der Waals surface area contributed by atoms with E-state index >= 15 is 0 Å². The molecule has 5 nitrogen and oxygen atoms in total. The Bertz CT molecular complexity index is 786. The number of nitrogens with zero attached hydrogens (tertiary/aromatic N) is 3. The molecule has 2 heterocycles. The van der Waals surface area contributed by atoms with Crippen LogP contribution in [0, 0.1) is 0 Å². The van der Waals surface area contributed by atoms with Crippen LogP contribution in [-0.2, 0) is 11.3 Å². The van der Waals surface area contributed by atoms with E-state index in [1.807, 2.05) is 16.0 Å². The molecule has 0 radical (unpaired) electrons. The molecule has 0 aliphatic carbocycles. The van der Waals surface area contributed by atoms with Gasteiger partial charge in [0.2, 0.25) is 0 Å². The maximum atomic E-state index is 10.8. The van der Waals surface area contributed by atoms with Gasteiger partial charge >= 0.3 is 5.97 Å². The minimum Gasteiger partial charge on any atom is -0.481 e. The van der Waals surface area contributed by atoms with Crippen molar-refractivity contribution in [1.82, 2.24) is 14.5 Å². The number of carbonyl (C=O) groups is 1. The minimum absolute atomic E-state index is 0.0336. The highest BCUT2D eigenvalue weighted by atomic mass is 35.5. The van der Waals surface area contributed by atoms with Crippen LogP contribution in [0.2, 0.25) is 5.02 Å². The Morgan fingerprint density at radius 1 is 1.48 bits per heavy atom. The van der Waals surface area contributed by atoms with Gasteiger partial charge in [-0.2, -0.15) is 0 Å². The Labute approximate surface area is 133 Å². The number of rotatable bonds is 5. The van der Waals surface area contributed by atoms with Gasteiger partial charge in [0.05, 0.1) is 34.5 Å². The van der Waals surface area contributed by atoms with E-state index in [-0.39, 0.29) is 5.75 Å². The number of aromatic nitrogens is 3. The number of hydrogen-bond donors (Lipinski definition) is 1. The van der Waals surface area contributed by atoms with Crippen molar-refractivity contribution in [2.75, 3.05) is 5.75 Å².